The van der Waals surface area contributed by atoms with E-state index >= 15 is 0 Å². The van der Waals surface area contributed by atoms with Crippen LogP contribution in [0.1, 0.15) is 82.2 Å². The number of hydrogen-bond acceptors (Lipinski definition) is 3. The lowest BCUT2D eigenvalue weighted by molar-refractivity contribution is -0.141. The molecule has 5 rings (SSSR count). The number of aliphatic hydroxyl groups excluding tert-OH is 1. The number of carbonyl (C=O) groups is 1. The van der Waals surface area contributed by atoms with E-state index in [0.29, 0.717) is 29.0 Å². The van der Waals surface area contributed by atoms with Gasteiger partial charge in [-0.2, -0.15) is 5.10 Å². The summed E-state index contributed by atoms with van der Waals surface area (Å²) in [5.74, 6) is 2.93. The average molecular weight is 411 g/mol. The summed E-state index contributed by atoms with van der Waals surface area (Å²) >= 11 is 0. The van der Waals surface area contributed by atoms with Gasteiger partial charge in [0.25, 0.3) is 0 Å². The number of rotatable bonds is 1. The maximum Gasteiger partial charge on any atom is 0.165 e. The van der Waals surface area contributed by atoms with Crippen molar-refractivity contribution in [2.75, 3.05) is 0 Å². The number of Topliss-reactive ketones (excluding diaryl/α,β-unsaturated/α-hetero) is 1. The number of nitrogens with zero attached hydrogens (tertiary/aromatic N) is 2. The number of aromatic nitrogens is 2. The molecule has 1 aromatic rings. The Morgan fingerprint density at radius 1 is 1.10 bits per heavy atom. The van der Waals surface area contributed by atoms with Gasteiger partial charge in [0.1, 0.15) is 0 Å². The second-order valence-electron chi connectivity index (χ2n) is 11.5. The predicted octanol–water partition coefficient (Wildman–Crippen LogP) is 5.00. The number of fused-ring (bicyclic) bond motifs is 5. The first-order chi connectivity index (χ1) is 14.1. The number of ketones is 1. The summed E-state index contributed by atoms with van der Waals surface area (Å²) < 4.78 is 1.92. The second-order valence-corrected chi connectivity index (χ2v) is 11.5. The number of allylic oxidation sites excluding steroid dienone is 1. The van der Waals surface area contributed by atoms with Crippen molar-refractivity contribution in [3.05, 3.63) is 22.5 Å². The molecule has 0 aromatic carbocycles. The zero-order chi connectivity index (χ0) is 21.4. The molecule has 30 heavy (non-hydrogen) atoms. The third kappa shape index (κ3) is 2.75. The quantitative estimate of drug-likeness (QED) is 0.663. The highest BCUT2D eigenvalue weighted by atomic mass is 16.3. The van der Waals surface area contributed by atoms with Gasteiger partial charge in [0, 0.05) is 23.7 Å². The van der Waals surface area contributed by atoms with Gasteiger partial charge in [-0.1, -0.05) is 13.8 Å². The minimum Gasteiger partial charge on any atom is -0.393 e. The van der Waals surface area contributed by atoms with Gasteiger partial charge in [0.15, 0.2) is 5.78 Å². The second kappa shape index (κ2) is 6.79. The van der Waals surface area contributed by atoms with Crippen LogP contribution in [0.4, 0.5) is 0 Å². The van der Waals surface area contributed by atoms with Crippen LogP contribution < -0.4 is 0 Å². The van der Waals surface area contributed by atoms with Gasteiger partial charge in [-0.15, -0.1) is 0 Å². The van der Waals surface area contributed by atoms with Crippen LogP contribution in [-0.2, 0) is 11.8 Å². The van der Waals surface area contributed by atoms with E-state index in [0.717, 1.165) is 60.5 Å². The lowest BCUT2D eigenvalue weighted by Gasteiger charge is -2.59. The smallest absolute Gasteiger partial charge is 0.165 e. The van der Waals surface area contributed by atoms with E-state index in [1.807, 2.05) is 18.7 Å². The van der Waals surface area contributed by atoms with Crippen LogP contribution >= 0.6 is 0 Å². The molecular formula is C26H38N2O2. The maximum absolute atomic E-state index is 13.6. The van der Waals surface area contributed by atoms with Gasteiger partial charge in [0.2, 0.25) is 0 Å². The average Bonchev–Trinajstić information content (AvgIpc) is 3.10. The molecule has 7 unspecified atom stereocenters. The number of carbonyl (C=O) groups excluding carboxylic acids is 1. The largest absolute Gasteiger partial charge is 0.393 e. The van der Waals surface area contributed by atoms with Gasteiger partial charge in [-0.3, -0.25) is 9.48 Å². The standard InChI is InChI=1S/C26H38N2O2/c1-15-21(16(2)28(5)27-15)12-17-13-23-20-7-6-18-14-19(29)8-10-25(18,3)22(20)9-11-26(23,4)24(17)30/h12,18-20,22-23,29H,6-11,13-14H2,1-5H3. The molecule has 4 heteroatoms. The van der Waals surface area contributed by atoms with Crippen LogP contribution in [-0.4, -0.2) is 26.8 Å². The Labute approximate surface area is 181 Å². The Morgan fingerprint density at radius 3 is 2.57 bits per heavy atom. The van der Waals surface area contributed by atoms with Crippen molar-refractivity contribution < 1.29 is 9.90 Å². The Balaban J connectivity index is 1.47. The lowest BCUT2D eigenvalue weighted by Crippen LogP contribution is -2.54. The zero-order valence-electron chi connectivity index (χ0n) is 19.4. The maximum atomic E-state index is 13.6. The highest BCUT2D eigenvalue weighted by Gasteiger charge is 2.61. The van der Waals surface area contributed by atoms with Crippen molar-refractivity contribution >= 4 is 11.9 Å². The minimum atomic E-state index is -0.186. The molecule has 1 N–H and O–H groups in total. The number of aryl methyl sites for hydroxylation is 2. The fourth-order valence-corrected chi connectivity index (χ4v) is 8.21. The molecule has 4 fully saturated rings. The van der Waals surface area contributed by atoms with Crippen molar-refractivity contribution in [2.24, 2.45) is 41.5 Å². The summed E-state index contributed by atoms with van der Waals surface area (Å²) in [4.78, 5) is 13.6. The molecule has 4 aliphatic carbocycles. The fourth-order valence-electron chi connectivity index (χ4n) is 8.21. The molecule has 0 amide bonds. The minimum absolute atomic E-state index is 0.0953. The molecule has 1 aromatic heterocycles. The Morgan fingerprint density at radius 2 is 1.87 bits per heavy atom. The molecular weight excluding hydrogens is 372 g/mol. The third-order valence-corrected chi connectivity index (χ3v) is 10.2. The van der Waals surface area contributed by atoms with Gasteiger partial charge in [0.05, 0.1) is 11.8 Å². The molecule has 4 aliphatic rings. The molecule has 4 saturated carbocycles. The van der Waals surface area contributed by atoms with E-state index in [1.165, 1.54) is 19.3 Å². The van der Waals surface area contributed by atoms with E-state index in [-0.39, 0.29) is 11.5 Å². The summed E-state index contributed by atoms with van der Waals surface area (Å²) in [6.07, 6.45) is 10.8. The van der Waals surface area contributed by atoms with Crippen molar-refractivity contribution in [1.29, 1.82) is 0 Å². The van der Waals surface area contributed by atoms with E-state index < -0.39 is 0 Å². The molecule has 0 radical (unpaired) electrons. The SMILES string of the molecule is Cc1nn(C)c(C)c1C=C1CC2C3CCC4CC(O)CCC4(C)C3CCC2(C)C1=O. The summed E-state index contributed by atoms with van der Waals surface area (Å²) in [5, 5.41) is 14.8. The molecule has 0 aliphatic heterocycles. The number of aliphatic hydroxyl groups is 1. The molecule has 1 heterocycles. The molecule has 7 atom stereocenters. The van der Waals surface area contributed by atoms with Crippen LogP contribution in [0.15, 0.2) is 5.57 Å². The first-order valence-electron chi connectivity index (χ1n) is 12.1. The Bertz CT molecular complexity index is 914. The normalized spacial score (nSPS) is 44.7. The Kier molecular flexibility index (Phi) is 4.63. The number of hydrogen-bond donors (Lipinski definition) is 1. The predicted molar refractivity (Wildman–Crippen MR) is 119 cm³/mol. The first kappa shape index (κ1) is 20.5. The zero-order valence-corrected chi connectivity index (χ0v) is 19.4. The highest BCUT2D eigenvalue weighted by Crippen LogP contribution is 2.66. The van der Waals surface area contributed by atoms with Gasteiger partial charge in [-0.25, -0.2) is 0 Å². The summed E-state index contributed by atoms with van der Waals surface area (Å²) in [6, 6.07) is 0. The van der Waals surface area contributed by atoms with E-state index in [2.05, 4.69) is 31.9 Å². The van der Waals surface area contributed by atoms with Crippen molar-refractivity contribution in [1.82, 2.24) is 9.78 Å². The lowest BCUT2D eigenvalue weighted by atomic mass is 9.45. The summed E-state index contributed by atoms with van der Waals surface area (Å²) in [5.41, 5.74) is 4.50. The summed E-state index contributed by atoms with van der Waals surface area (Å²) in [7, 11) is 1.98. The van der Waals surface area contributed by atoms with E-state index in [9.17, 15) is 9.90 Å². The highest BCUT2D eigenvalue weighted by molar-refractivity contribution is 6.06. The van der Waals surface area contributed by atoms with Crippen LogP contribution in [0.2, 0.25) is 0 Å². The van der Waals surface area contributed by atoms with E-state index in [4.69, 9.17) is 0 Å². The third-order valence-electron chi connectivity index (χ3n) is 10.2. The molecule has 0 spiro atoms. The van der Waals surface area contributed by atoms with Crippen LogP contribution in [0.3, 0.4) is 0 Å². The molecule has 0 bridgehead atoms. The topological polar surface area (TPSA) is 55.1 Å². The van der Waals surface area contributed by atoms with Gasteiger partial charge < -0.3 is 5.11 Å². The van der Waals surface area contributed by atoms with Crippen molar-refractivity contribution in [3.63, 3.8) is 0 Å². The monoisotopic (exact) mass is 410 g/mol. The Hall–Kier alpha value is -1.42. The first-order valence-corrected chi connectivity index (χ1v) is 12.1. The van der Waals surface area contributed by atoms with Crippen LogP contribution in [0.5, 0.6) is 0 Å². The molecule has 0 saturated heterocycles. The van der Waals surface area contributed by atoms with Crippen molar-refractivity contribution in [2.45, 2.75) is 85.2 Å². The molecule has 164 valence electrons. The summed E-state index contributed by atoms with van der Waals surface area (Å²) in [6.45, 7) is 8.91. The van der Waals surface area contributed by atoms with E-state index in [1.54, 1.807) is 0 Å². The fraction of sp³-hybridized carbons (Fsp3) is 0.769. The van der Waals surface area contributed by atoms with Crippen LogP contribution in [0, 0.1) is 48.3 Å². The van der Waals surface area contributed by atoms with Crippen LogP contribution in [0.25, 0.3) is 6.08 Å². The molecule has 4 nitrogen and oxygen atoms in total. The van der Waals surface area contributed by atoms with Gasteiger partial charge >= 0.3 is 0 Å². The van der Waals surface area contributed by atoms with Crippen molar-refractivity contribution in [3.8, 4) is 0 Å². The van der Waals surface area contributed by atoms with Gasteiger partial charge in [-0.05, 0) is 106 Å².